The van der Waals surface area contributed by atoms with Gasteiger partial charge in [-0.15, -0.1) is 21.5 Å². The molecule has 1 N–H and O–H groups in total. The Morgan fingerprint density at radius 3 is 3.26 bits per heavy atom. The van der Waals surface area contributed by atoms with E-state index in [1.807, 2.05) is 0 Å². The number of aryl methyl sites for hydroxylation is 1. The van der Waals surface area contributed by atoms with Crippen LogP contribution in [0.25, 0.3) is 5.65 Å². The van der Waals surface area contributed by atoms with E-state index in [-0.39, 0.29) is 5.91 Å². The van der Waals surface area contributed by atoms with Gasteiger partial charge in [0.15, 0.2) is 10.8 Å². The first-order valence-corrected chi connectivity index (χ1v) is 8.64. The fourth-order valence-electron chi connectivity index (χ4n) is 2.98. The summed E-state index contributed by atoms with van der Waals surface area (Å²) in [7, 11) is 0. The van der Waals surface area contributed by atoms with Crippen LogP contribution in [0, 0.1) is 5.92 Å². The van der Waals surface area contributed by atoms with Crippen molar-refractivity contribution in [3.8, 4) is 0 Å². The minimum atomic E-state index is -0.154. The minimum absolute atomic E-state index is 0.154. The molecule has 3 aromatic heterocycles. The van der Waals surface area contributed by atoms with E-state index in [9.17, 15) is 4.79 Å². The highest BCUT2D eigenvalue weighted by molar-refractivity contribution is 7.15. The molecule has 7 heteroatoms. The second-order valence-electron chi connectivity index (χ2n) is 5.87. The molecule has 0 fully saturated rings. The third-order valence-electron chi connectivity index (χ3n) is 4.39. The van der Waals surface area contributed by atoms with Gasteiger partial charge in [-0.3, -0.25) is 14.5 Å². The van der Waals surface area contributed by atoms with Gasteiger partial charge in [0.05, 0.1) is 11.3 Å². The Balaban J connectivity index is 1.53. The van der Waals surface area contributed by atoms with E-state index in [0.29, 0.717) is 10.7 Å². The van der Waals surface area contributed by atoms with Gasteiger partial charge in [-0.1, -0.05) is 13.3 Å². The van der Waals surface area contributed by atoms with Gasteiger partial charge in [0.1, 0.15) is 6.33 Å². The van der Waals surface area contributed by atoms with E-state index in [4.69, 9.17) is 0 Å². The highest BCUT2D eigenvalue weighted by Crippen LogP contribution is 2.33. The molecule has 6 nitrogen and oxygen atoms in total. The maximum absolute atomic E-state index is 12.4. The summed E-state index contributed by atoms with van der Waals surface area (Å²) in [5.41, 5.74) is 2.44. The van der Waals surface area contributed by atoms with Crippen molar-refractivity contribution < 1.29 is 4.79 Å². The van der Waals surface area contributed by atoms with Gasteiger partial charge in [-0.05, 0) is 37.3 Å². The number of thiazole rings is 1. The molecule has 3 aromatic rings. The molecule has 0 radical (unpaired) electrons. The lowest BCUT2D eigenvalue weighted by molar-refractivity contribution is 0.102. The minimum Gasteiger partial charge on any atom is -0.298 e. The Kier molecular flexibility index (Phi) is 3.57. The zero-order valence-electron chi connectivity index (χ0n) is 12.8. The lowest BCUT2D eigenvalue weighted by atomic mass is 9.89. The van der Waals surface area contributed by atoms with Crippen molar-refractivity contribution >= 4 is 28.0 Å². The lowest BCUT2D eigenvalue weighted by Crippen LogP contribution is -2.13. The van der Waals surface area contributed by atoms with E-state index in [0.717, 1.165) is 30.1 Å². The standard InChI is InChI=1S/C16H17N5OS/c1-2-10-3-5-12-13(7-10)23-16(18-12)19-15(22)11-4-6-14-20-17-9-21(14)8-11/h4,6,8-10H,2-3,5,7H2,1H3,(H,18,19,22). The predicted octanol–water partition coefficient (Wildman–Crippen LogP) is 2.95. The van der Waals surface area contributed by atoms with E-state index in [2.05, 4.69) is 27.4 Å². The number of carbonyl (C=O) groups excluding carboxylic acids is 1. The first kappa shape index (κ1) is 14.3. The third-order valence-corrected chi connectivity index (χ3v) is 5.43. The smallest absolute Gasteiger partial charge is 0.258 e. The summed E-state index contributed by atoms with van der Waals surface area (Å²) in [5, 5.41) is 11.4. The molecule has 0 saturated heterocycles. The molecular weight excluding hydrogens is 310 g/mol. The predicted molar refractivity (Wildman–Crippen MR) is 88.9 cm³/mol. The molecule has 1 aliphatic carbocycles. The molecule has 0 aromatic carbocycles. The largest absolute Gasteiger partial charge is 0.298 e. The number of carbonyl (C=O) groups is 1. The van der Waals surface area contributed by atoms with Crippen molar-refractivity contribution in [2.45, 2.75) is 32.6 Å². The molecule has 0 saturated carbocycles. The monoisotopic (exact) mass is 327 g/mol. The van der Waals surface area contributed by atoms with Gasteiger partial charge in [0, 0.05) is 11.1 Å². The maximum Gasteiger partial charge on any atom is 0.258 e. The van der Waals surface area contributed by atoms with E-state index < -0.39 is 0 Å². The van der Waals surface area contributed by atoms with Crippen LogP contribution in [0.15, 0.2) is 24.7 Å². The Morgan fingerprint density at radius 1 is 1.48 bits per heavy atom. The van der Waals surface area contributed by atoms with Crippen molar-refractivity contribution in [1.29, 1.82) is 0 Å². The summed E-state index contributed by atoms with van der Waals surface area (Å²) in [6, 6.07) is 3.53. The van der Waals surface area contributed by atoms with E-state index in [1.54, 1.807) is 40.4 Å². The molecule has 0 aliphatic heterocycles. The summed E-state index contributed by atoms with van der Waals surface area (Å²) in [6.45, 7) is 2.24. The van der Waals surface area contributed by atoms with Crippen LogP contribution in [0.5, 0.6) is 0 Å². The van der Waals surface area contributed by atoms with E-state index in [1.165, 1.54) is 17.7 Å². The molecule has 1 unspecified atom stereocenters. The number of pyridine rings is 1. The van der Waals surface area contributed by atoms with Crippen LogP contribution in [0.4, 0.5) is 5.13 Å². The van der Waals surface area contributed by atoms with Crippen LogP contribution >= 0.6 is 11.3 Å². The number of nitrogens with one attached hydrogen (secondary N) is 1. The highest BCUT2D eigenvalue weighted by atomic mass is 32.1. The molecule has 4 rings (SSSR count). The number of nitrogens with zero attached hydrogens (tertiary/aromatic N) is 4. The molecule has 23 heavy (non-hydrogen) atoms. The van der Waals surface area contributed by atoms with Crippen LogP contribution in [-0.4, -0.2) is 25.5 Å². The fraction of sp³-hybridized carbons (Fsp3) is 0.375. The van der Waals surface area contributed by atoms with Crippen molar-refractivity contribution in [3.63, 3.8) is 0 Å². The maximum atomic E-state index is 12.4. The lowest BCUT2D eigenvalue weighted by Gasteiger charge is -2.18. The molecule has 1 atom stereocenters. The van der Waals surface area contributed by atoms with Gasteiger partial charge in [0.2, 0.25) is 0 Å². The summed E-state index contributed by atoms with van der Waals surface area (Å²) in [6.07, 6.45) is 7.83. The number of aromatic nitrogens is 4. The topological polar surface area (TPSA) is 72.2 Å². The SMILES string of the molecule is CCC1CCc2nc(NC(=O)c3ccc4nncn4c3)sc2C1. The van der Waals surface area contributed by atoms with Crippen molar-refractivity contribution in [2.75, 3.05) is 5.32 Å². The second kappa shape index (κ2) is 5.73. The number of hydrogen-bond donors (Lipinski definition) is 1. The molecule has 0 spiro atoms. The number of amides is 1. The van der Waals surface area contributed by atoms with Gasteiger partial charge in [-0.25, -0.2) is 4.98 Å². The Bertz CT molecular complexity index is 868. The third kappa shape index (κ3) is 2.72. The quantitative estimate of drug-likeness (QED) is 0.803. The van der Waals surface area contributed by atoms with Gasteiger partial charge in [0.25, 0.3) is 5.91 Å². The molecule has 1 aliphatic rings. The van der Waals surface area contributed by atoms with Crippen molar-refractivity contribution in [2.24, 2.45) is 5.92 Å². The fourth-order valence-corrected chi connectivity index (χ4v) is 4.09. The van der Waals surface area contributed by atoms with E-state index >= 15 is 0 Å². The molecule has 0 bridgehead atoms. The van der Waals surface area contributed by atoms with Crippen molar-refractivity contribution in [1.82, 2.24) is 19.6 Å². The van der Waals surface area contributed by atoms with Gasteiger partial charge >= 0.3 is 0 Å². The summed E-state index contributed by atoms with van der Waals surface area (Å²) >= 11 is 1.61. The first-order valence-electron chi connectivity index (χ1n) is 7.82. The summed E-state index contributed by atoms with van der Waals surface area (Å²) < 4.78 is 1.73. The van der Waals surface area contributed by atoms with Crippen LogP contribution in [0.1, 0.15) is 40.7 Å². The summed E-state index contributed by atoms with van der Waals surface area (Å²) in [4.78, 5) is 18.3. The highest BCUT2D eigenvalue weighted by Gasteiger charge is 2.22. The van der Waals surface area contributed by atoms with Crippen LogP contribution in [0.3, 0.4) is 0 Å². The first-order chi connectivity index (χ1) is 11.2. The van der Waals surface area contributed by atoms with Gasteiger partial charge < -0.3 is 0 Å². The molecule has 118 valence electrons. The van der Waals surface area contributed by atoms with Crippen LogP contribution in [0.2, 0.25) is 0 Å². The zero-order chi connectivity index (χ0) is 15.8. The average molecular weight is 327 g/mol. The Hall–Kier alpha value is -2.28. The van der Waals surface area contributed by atoms with Crippen molar-refractivity contribution in [3.05, 3.63) is 40.8 Å². The zero-order valence-corrected chi connectivity index (χ0v) is 13.6. The van der Waals surface area contributed by atoms with Crippen LogP contribution < -0.4 is 5.32 Å². The Labute approximate surface area is 137 Å². The molecule has 3 heterocycles. The normalized spacial score (nSPS) is 17.2. The number of hydrogen-bond acceptors (Lipinski definition) is 5. The number of fused-ring (bicyclic) bond motifs is 2. The Morgan fingerprint density at radius 2 is 2.39 bits per heavy atom. The number of rotatable bonds is 3. The second-order valence-corrected chi connectivity index (χ2v) is 6.96. The van der Waals surface area contributed by atoms with Crippen LogP contribution in [-0.2, 0) is 12.8 Å². The summed E-state index contributed by atoms with van der Waals surface area (Å²) in [5.74, 6) is 0.599. The van der Waals surface area contributed by atoms with Gasteiger partial charge in [-0.2, -0.15) is 0 Å². The molecular formula is C16H17N5OS. The number of anilines is 1. The average Bonchev–Trinajstić information content (AvgIpc) is 3.18. The molecule has 1 amide bonds.